The van der Waals surface area contributed by atoms with Gasteiger partial charge < -0.3 is 14.4 Å². The van der Waals surface area contributed by atoms with Gasteiger partial charge in [0.1, 0.15) is 11.7 Å². The highest BCUT2D eigenvalue weighted by Crippen LogP contribution is 2.60. The van der Waals surface area contributed by atoms with Crippen molar-refractivity contribution in [2.24, 2.45) is 11.8 Å². The lowest BCUT2D eigenvalue weighted by Gasteiger charge is -2.39. The minimum absolute atomic E-state index is 0.229. The number of esters is 2. The van der Waals surface area contributed by atoms with E-state index < -0.39 is 46.9 Å². The molecule has 3 aromatic rings. The zero-order valence-electron chi connectivity index (χ0n) is 18.4. The summed E-state index contributed by atoms with van der Waals surface area (Å²) in [5.41, 5.74) is -0.338. The monoisotopic (exact) mass is 531 g/mol. The summed E-state index contributed by atoms with van der Waals surface area (Å²) in [6.07, 6.45) is 0. The minimum Gasteiger partial charge on any atom is -0.497 e. The molecule has 0 unspecified atom stereocenters. The molecule has 0 aromatic heterocycles. The Morgan fingerprint density at radius 1 is 0.857 bits per heavy atom. The number of benzene rings is 3. The smallest absolute Gasteiger partial charge is 0.320 e. The number of hydrogen-bond acceptors (Lipinski definition) is 7. The van der Waals surface area contributed by atoms with Crippen molar-refractivity contribution in [2.75, 3.05) is 12.0 Å². The Balaban J connectivity index is 1.69. The van der Waals surface area contributed by atoms with Crippen LogP contribution in [0.3, 0.4) is 0 Å². The van der Waals surface area contributed by atoms with Crippen LogP contribution in [0, 0.1) is 11.8 Å². The number of fused-ring (bicyclic) bond motifs is 3. The average molecular weight is 532 g/mol. The van der Waals surface area contributed by atoms with Crippen LogP contribution in [0.2, 0.25) is 0 Å². The lowest BCUT2D eigenvalue weighted by Crippen LogP contribution is -2.59. The molecule has 2 fully saturated rings. The van der Waals surface area contributed by atoms with Crippen molar-refractivity contribution in [3.8, 4) is 5.75 Å². The van der Waals surface area contributed by atoms with Gasteiger partial charge in [0.05, 0.1) is 19.1 Å². The molecule has 2 saturated heterocycles. The van der Waals surface area contributed by atoms with Gasteiger partial charge in [-0.2, -0.15) is 0 Å². The van der Waals surface area contributed by atoms with Gasteiger partial charge in [-0.25, -0.2) is 0 Å². The van der Waals surface area contributed by atoms with Crippen molar-refractivity contribution in [1.82, 2.24) is 0 Å². The van der Waals surface area contributed by atoms with Gasteiger partial charge in [0.25, 0.3) is 0 Å². The summed E-state index contributed by atoms with van der Waals surface area (Å²) < 4.78 is 11.3. The number of carbonyl (C=O) groups excluding carboxylic acids is 4. The maximum atomic E-state index is 14.2. The predicted octanol–water partition coefficient (Wildman–Crippen LogP) is 4.15. The first-order valence-electron chi connectivity index (χ1n) is 11.0. The molecule has 3 aromatic carbocycles. The fourth-order valence-electron chi connectivity index (χ4n) is 5.82. The summed E-state index contributed by atoms with van der Waals surface area (Å²) in [7, 11) is 1.52. The van der Waals surface area contributed by atoms with Crippen LogP contribution in [0.5, 0.6) is 5.75 Å². The molecule has 1 aliphatic carbocycles. The topological polar surface area (TPSA) is 90.0 Å². The molecule has 2 heterocycles. The summed E-state index contributed by atoms with van der Waals surface area (Å²) in [5, 5.41) is 0. The molecule has 8 heteroatoms. The van der Waals surface area contributed by atoms with E-state index in [2.05, 4.69) is 15.9 Å². The first kappa shape index (κ1) is 21.7. The molecule has 1 spiro atoms. The lowest BCUT2D eigenvalue weighted by atomic mass is 9.76. The summed E-state index contributed by atoms with van der Waals surface area (Å²) in [6.45, 7) is 0. The Kier molecular flexibility index (Phi) is 4.73. The van der Waals surface area contributed by atoms with Crippen molar-refractivity contribution in [2.45, 2.75) is 11.6 Å². The molecule has 6 rings (SSSR count). The van der Waals surface area contributed by atoms with Crippen molar-refractivity contribution < 1.29 is 28.7 Å². The fraction of sp³-hybridized carbons (Fsp3) is 0.185. The second kappa shape index (κ2) is 7.61. The molecule has 7 nitrogen and oxygen atoms in total. The third-order valence-corrected chi connectivity index (χ3v) is 7.72. The molecule has 3 atom stereocenters. The Hall–Kier alpha value is -3.78. The Morgan fingerprint density at radius 2 is 1.51 bits per heavy atom. The lowest BCUT2D eigenvalue weighted by molar-refractivity contribution is -0.154. The Bertz CT molecular complexity index is 1400. The number of Topliss-reactive ketones (excluding diaryl/α,β-unsaturated/α-hetero) is 2. The highest BCUT2D eigenvalue weighted by Gasteiger charge is 2.76. The minimum atomic E-state index is -1.96. The molecule has 174 valence electrons. The van der Waals surface area contributed by atoms with Crippen molar-refractivity contribution in [1.29, 1.82) is 0 Å². The largest absolute Gasteiger partial charge is 0.497 e. The van der Waals surface area contributed by atoms with Crippen LogP contribution in [-0.2, 0) is 14.3 Å². The van der Waals surface area contributed by atoms with E-state index in [1.165, 1.54) is 7.11 Å². The second-order valence-corrected chi connectivity index (χ2v) is 9.70. The van der Waals surface area contributed by atoms with E-state index in [1.54, 1.807) is 53.4 Å². The fourth-order valence-corrected chi connectivity index (χ4v) is 6.08. The number of hydrogen-bond donors (Lipinski definition) is 0. The number of rotatable bonds is 3. The van der Waals surface area contributed by atoms with Crippen LogP contribution < -0.4 is 9.64 Å². The molecular formula is C27H18BrNO6. The van der Waals surface area contributed by atoms with Gasteiger partial charge in [0.15, 0.2) is 17.1 Å². The van der Waals surface area contributed by atoms with E-state index in [0.29, 0.717) is 17.0 Å². The summed E-state index contributed by atoms with van der Waals surface area (Å²) in [6, 6.07) is 19.9. The highest BCUT2D eigenvalue weighted by molar-refractivity contribution is 9.10. The zero-order chi connectivity index (χ0) is 24.5. The number of methoxy groups -OCH3 is 1. The molecular weight excluding hydrogens is 514 g/mol. The van der Waals surface area contributed by atoms with Gasteiger partial charge in [-0.3, -0.25) is 19.2 Å². The molecule has 0 bridgehead atoms. The van der Waals surface area contributed by atoms with Crippen LogP contribution in [0.4, 0.5) is 5.69 Å². The van der Waals surface area contributed by atoms with E-state index in [4.69, 9.17) is 9.47 Å². The van der Waals surface area contributed by atoms with Crippen LogP contribution in [-0.4, -0.2) is 36.2 Å². The predicted molar refractivity (Wildman–Crippen MR) is 128 cm³/mol. The number of ketones is 2. The maximum Gasteiger partial charge on any atom is 0.320 e. The Morgan fingerprint density at radius 3 is 2.14 bits per heavy atom. The number of halogens is 1. The van der Waals surface area contributed by atoms with E-state index in [0.717, 1.165) is 4.47 Å². The van der Waals surface area contributed by atoms with E-state index in [1.807, 2.05) is 24.3 Å². The zero-order valence-corrected chi connectivity index (χ0v) is 20.0. The summed E-state index contributed by atoms with van der Waals surface area (Å²) in [5.74, 6) is -4.45. The number of anilines is 1. The SMILES string of the molecule is COc1cccc(N2[C@H](c3ccc(Br)cc3)[C@H]3C(=O)OC(=O)[C@@H]3C23C(=O)c2ccccc2C3=O)c1. The van der Waals surface area contributed by atoms with Crippen LogP contribution >= 0.6 is 15.9 Å². The molecule has 0 N–H and O–H groups in total. The van der Waals surface area contributed by atoms with Gasteiger partial charge in [0.2, 0.25) is 0 Å². The molecule has 0 amide bonds. The molecule has 2 aliphatic heterocycles. The quantitative estimate of drug-likeness (QED) is 0.370. The normalized spacial score (nSPS) is 24.1. The second-order valence-electron chi connectivity index (χ2n) is 8.78. The molecule has 3 aliphatic rings. The van der Waals surface area contributed by atoms with Crippen LogP contribution in [0.25, 0.3) is 0 Å². The first-order chi connectivity index (χ1) is 16.9. The molecule has 0 radical (unpaired) electrons. The van der Waals surface area contributed by atoms with Gasteiger partial charge in [0, 0.05) is 27.4 Å². The van der Waals surface area contributed by atoms with Crippen LogP contribution in [0.15, 0.2) is 77.3 Å². The van der Waals surface area contributed by atoms with E-state index in [9.17, 15) is 19.2 Å². The van der Waals surface area contributed by atoms with Gasteiger partial charge in [-0.15, -0.1) is 0 Å². The van der Waals surface area contributed by atoms with Gasteiger partial charge in [-0.1, -0.05) is 58.4 Å². The number of carbonyl (C=O) groups is 4. The third kappa shape index (κ3) is 2.77. The average Bonchev–Trinajstić information content (AvgIpc) is 3.43. The summed E-state index contributed by atoms with van der Waals surface area (Å²) >= 11 is 3.43. The van der Waals surface area contributed by atoms with Gasteiger partial charge >= 0.3 is 11.9 Å². The first-order valence-corrected chi connectivity index (χ1v) is 11.8. The molecule has 35 heavy (non-hydrogen) atoms. The van der Waals surface area contributed by atoms with Crippen molar-refractivity contribution in [3.05, 3.63) is 94.0 Å². The summed E-state index contributed by atoms with van der Waals surface area (Å²) in [4.78, 5) is 56.3. The number of nitrogens with zero attached hydrogens (tertiary/aromatic N) is 1. The third-order valence-electron chi connectivity index (χ3n) is 7.19. The highest BCUT2D eigenvalue weighted by atomic mass is 79.9. The standard InChI is InChI=1S/C27H18BrNO6/c1-34-17-6-4-5-16(13-17)29-22(14-9-11-15(28)12-10-14)20-21(26(33)35-25(20)32)27(29)23(30)18-7-2-3-8-19(18)24(27)31/h2-13,20-22H,1H3/t20-,21+,22+/m0/s1. The Labute approximate surface area is 208 Å². The molecule has 0 saturated carbocycles. The maximum absolute atomic E-state index is 14.2. The van der Waals surface area contributed by atoms with Crippen LogP contribution in [0.1, 0.15) is 32.3 Å². The number of ether oxygens (including phenoxy) is 2. The van der Waals surface area contributed by atoms with E-state index in [-0.39, 0.29) is 11.1 Å². The van der Waals surface area contributed by atoms with Crippen molar-refractivity contribution >= 4 is 45.1 Å². The van der Waals surface area contributed by atoms with E-state index >= 15 is 0 Å². The number of cyclic esters (lactones) is 2. The van der Waals surface area contributed by atoms with Crippen molar-refractivity contribution in [3.63, 3.8) is 0 Å². The van der Waals surface area contributed by atoms with Gasteiger partial charge in [-0.05, 0) is 29.8 Å².